The SMILES string of the molecule is OCCCOc1cncc(Cl)c1. The zero-order chi connectivity index (χ0) is 8.81. The third kappa shape index (κ3) is 3.07. The third-order valence-corrected chi connectivity index (χ3v) is 1.46. The highest BCUT2D eigenvalue weighted by Crippen LogP contribution is 2.14. The van der Waals surface area contributed by atoms with Crippen LogP contribution >= 0.6 is 11.6 Å². The first-order chi connectivity index (χ1) is 5.83. The monoisotopic (exact) mass is 187 g/mol. The van der Waals surface area contributed by atoms with Crippen LogP contribution in [0.4, 0.5) is 0 Å². The van der Waals surface area contributed by atoms with E-state index in [2.05, 4.69) is 4.98 Å². The van der Waals surface area contributed by atoms with Gasteiger partial charge in [0.05, 0.1) is 17.8 Å². The predicted octanol–water partition coefficient (Wildman–Crippen LogP) is 1.50. The van der Waals surface area contributed by atoms with Crippen molar-refractivity contribution in [1.29, 1.82) is 0 Å². The molecule has 4 heteroatoms. The molecule has 0 unspecified atom stereocenters. The Morgan fingerprint density at radius 1 is 1.50 bits per heavy atom. The van der Waals surface area contributed by atoms with Gasteiger partial charge in [-0.1, -0.05) is 11.6 Å². The number of nitrogens with zero attached hydrogens (tertiary/aromatic N) is 1. The van der Waals surface area contributed by atoms with E-state index in [1.807, 2.05) is 0 Å². The molecule has 0 saturated carbocycles. The van der Waals surface area contributed by atoms with E-state index in [-0.39, 0.29) is 6.61 Å². The number of aliphatic hydroxyl groups excluding tert-OH is 1. The maximum atomic E-state index is 8.48. The number of ether oxygens (including phenoxy) is 1. The molecule has 0 bridgehead atoms. The van der Waals surface area contributed by atoms with Gasteiger partial charge in [0.15, 0.2) is 0 Å². The molecule has 0 aromatic carbocycles. The van der Waals surface area contributed by atoms with Crippen molar-refractivity contribution in [2.24, 2.45) is 0 Å². The van der Waals surface area contributed by atoms with E-state index < -0.39 is 0 Å². The molecule has 1 heterocycles. The highest BCUT2D eigenvalue weighted by atomic mass is 35.5. The molecule has 66 valence electrons. The number of hydrogen-bond acceptors (Lipinski definition) is 3. The van der Waals surface area contributed by atoms with Crippen molar-refractivity contribution in [2.45, 2.75) is 6.42 Å². The summed E-state index contributed by atoms with van der Waals surface area (Å²) in [5.74, 6) is 0.635. The Morgan fingerprint density at radius 2 is 2.33 bits per heavy atom. The van der Waals surface area contributed by atoms with Gasteiger partial charge in [-0.3, -0.25) is 4.98 Å². The first kappa shape index (κ1) is 9.29. The Bertz CT molecular complexity index is 242. The molecule has 0 spiro atoms. The molecule has 1 aromatic rings. The lowest BCUT2D eigenvalue weighted by Gasteiger charge is -2.03. The normalized spacial score (nSPS) is 9.83. The number of hydrogen-bond donors (Lipinski definition) is 1. The first-order valence-electron chi connectivity index (χ1n) is 3.67. The van der Waals surface area contributed by atoms with E-state index in [1.54, 1.807) is 18.5 Å². The molecule has 0 amide bonds. The van der Waals surface area contributed by atoms with Crippen LogP contribution in [0, 0.1) is 0 Å². The summed E-state index contributed by atoms with van der Waals surface area (Å²) < 4.78 is 5.22. The summed E-state index contributed by atoms with van der Waals surface area (Å²) in [5, 5.41) is 9.03. The van der Waals surface area contributed by atoms with Gasteiger partial charge < -0.3 is 9.84 Å². The Balaban J connectivity index is 2.41. The molecular formula is C8H10ClNO2. The molecule has 3 nitrogen and oxygen atoms in total. The number of halogens is 1. The van der Waals surface area contributed by atoms with Gasteiger partial charge in [0.25, 0.3) is 0 Å². The summed E-state index contributed by atoms with van der Waals surface area (Å²) in [7, 11) is 0. The van der Waals surface area contributed by atoms with Crippen molar-refractivity contribution in [2.75, 3.05) is 13.2 Å². The summed E-state index contributed by atoms with van der Waals surface area (Å²) in [4.78, 5) is 3.84. The number of rotatable bonds is 4. The predicted molar refractivity (Wildman–Crippen MR) is 46.4 cm³/mol. The highest BCUT2D eigenvalue weighted by molar-refractivity contribution is 6.30. The van der Waals surface area contributed by atoms with Crippen LogP contribution in [0.25, 0.3) is 0 Å². The Morgan fingerprint density at radius 3 is 3.00 bits per heavy atom. The lowest BCUT2D eigenvalue weighted by atomic mass is 10.4. The molecular weight excluding hydrogens is 178 g/mol. The molecule has 0 aliphatic heterocycles. The molecule has 0 aliphatic rings. The van der Waals surface area contributed by atoms with Crippen LogP contribution in [0.1, 0.15) is 6.42 Å². The Hall–Kier alpha value is -0.800. The van der Waals surface area contributed by atoms with Crippen LogP contribution in [0.15, 0.2) is 18.5 Å². The fourth-order valence-corrected chi connectivity index (χ4v) is 0.890. The molecule has 0 aliphatic carbocycles. The van der Waals surface area contributed by atoms with Gasteiger partial charge in [0, 0.05) is 25.3 Å². The molecule has 1 rings (SSSR count). The van der Waals surface area contributed by atoms with E-state index >= 15 is 0 Å². The minimum atomic E-state index is 0.133. The lowest BCUT2D eigenvalue weighted by Crippen LogP contribution is -1.99. The largest absolute Gasteiger partial charge is 0.492 e. The smallest absolute Gasteiger partial charge is 0.139 e. The molecule has 0 fully saturated rings. The van der Waals surface area contributed by atoms with Gasteiger partial charge in [-0.05, 0) is 0 Å². The average molecular weight is 188 g/mol. The summed E-state index contributed by atoms with van der Waals surface area (Å²) in [6.07, 6.45) is 3.75. The van der Waals surface area contributed by atoms with E-state index in [0.29, 0.717) is 23.8 Å². The van der Waals surface area contributed by atoms with Crippen LogP contribution in [0.2, 0.25) is 5.02 Å². The number of pyridine rings is 1. The maximum absolute atomic E-state index is 8.48. The maximum Gasteiger partial charge on any atom is 0.139 e. The van der Waals surface area contributed by atoms with Crippen LogP contribution in [0.3, 0.4) is 0 Å². The Labute approximate surface area is 76.0 Å². The van der Waals surface area contributed by atoms with Crippen molar-refractivity contribution in [3.05, 3.63) is 23.5 Å². The van der Waals surface area contributed by atoms with E-state index in [1.165, 1.54) is 0 Å². The number of aromatic nitrogens is 1. The summed E-state index contributed by atoms with van der Waals surface area (Å²) in [5.41, 5.74) is 0. The fourth-order valence-electron chi connectivity index (χ4n) is 0.726. The topological polar surface area (TPSA) is 42.4 Å². The first-order valence-corrected chi connectivity index (χ1v) is 4.05. The van der Waals surface area contributed by atoms with Crippen LogP contribution < -0.4 is 4.74 Å². The minimum absolute atomic E-state index is 0.133. The van der Waals surface area contributed by atoms with Crippen molar-refractivity contribution in [1.82, 2.24) is 4.98 Å². The summed E-state index contributed by atoms with van der Waals surface area (Å²) in [6.45, 7) is 0.618. The van der Waals surface area contributed by atoms with E-state index in [9.17, 15) is 0 Å². The molecule has 1 aromatic heterocycles. The van der Waals surface area contributed by atoms with Crippen molar-refractivity contribution < 1.29 is 9.84 Å². The zero-order valence-corrected chi connectivity index (χ0v) is 7.29. The fraction of sp³-hybridized carbons (Fsp3) is 0.375. The van der Waals surface area contributed by atoms with Gasteiger partial charge in [-0.25, -0.2) is 0 Å². The van der Waals surface area contributed by atoms with Crippen molar-refractivity contribution >= 4 is 11.6 Å². The van der Waals surface area contributed by atoms with Gasteiger partial charge in [-0.2, -0.15) is 0 Å². The van der Waals surface area contributed by atoms with Gasteiger partial charge >= 0.3 is 0 Å². The lowest BCUT2D eigenvalue weighted by molar-refractivity contribution is 0.233. The van der Waals surface area contributed by atoms with Gasteiger partial charge in [-0.15, -0.1) is 0 Å². The Kier molecular flexibility index (Phi) is 3.84. The standard InChI is InChI=1S/C8H10ClNO2/c9-7-4-8(6-10-5-7)12-3-1-2-11/h4-6,11H,1-3H2. The zero-order valence-electron chi connectivity index (χ0n) is 6.53. The van der Waals surface area contributed by atoms with Crippen LogP contribution in [-0.4, -0.2) is 23.3 Å². The van der Waals surface area contributed by atoms with Crippen LogP contribution in [0.5, 0.6) is 5.75 Å². The molecule has 0 saturated heterocycles. The quantitative estimate of drug-likeness (QED) is 0.727. The second kappa shape index (κ2) is 4.95. The summed E-state index contributed by atoms with van der Waals surface area (Å²) in [6, 6.07) is 1.69. The number of aliphatic hydroxyl groups is 1. The molecule has 1 N–H and O–H groups in total. The van der Waals surface area contributed by atoms with Gasteiger partial charge in [0.1, 0.15) is 5.75 Å². The van der Waals surface area contributed by atoms with E-state index in [4.69, 9.17) is 21.4 Å². The molecule has 0 atom stereocenters. The average Bonchev–Trinajstić information content (AvgIpc) is 2.05. The second-order valence-electron chi connectivity index (χ2n) is 2.26. The second-order valence-corrected chi connectivity index (χ2v) is 2.70. The molecule has 12 heavy (non-hydrogen) atoms. The summed E-state index contributed by atoms with van der Waals surface area (Å²) >= 11 is 5.67. The molecule has 0 radical (unpaired) electrons. The van der Waals surface area contributed by atoms with E-state index in [0.717, 1.165) is 0 Å². The van der Waals surface area contributed by atoms with Gasteiger partial charge in [0.2, 0.25) is 0 Å². The van der Waals surface area contributed by atoms with Crippen molar-refractivity contribution in [3.63, 3.8) is 0 Å². The third-order valence-electron chi connectivity index (χ3n) is 1.25. The minimum Gasteiger partial charge on any atom is -0.492 e. The van der Waals surface area contributed by atoms with Crippen molar-refractivity contribution in [3.8, 4) is 5.75 Å². The van der Waals surface area contributed by atoms with Crippen LogP contribution in [-0.2, 0) is 0 Å². The highest BCUT2D eigenvalue weighted by Gasteiger charge is 1.94.